The number of hydrogen-bond donors (Lipinski definition) is 0. The Morgan fingerprint density at radius 3 is 2.46 bits per heavy atom. The summed E-state index contributed by atoms with van der Waals surface area (Å²) >= 11 is 0. The van der Waals surface area contributed by atoms with Gasteiger partial charge in [0.1, 0.15) is 17.4 Å². The number of esters is 1. The molecule has 2 aromatic carbocycles. The predicted molar refractivity (Wildman–Crippen MR) is 102 cm³/mol. The van der Waals surface area contributed by atoms with Crippen LogP contribution in [0, 0.1) is 13.8 Å². The highest BCUT2D eigenvalue weighted by Gasteiger charge is 2.32. The van der Waals surface area contributed by atoms with Crippen LogP contribution < -0.4 is 10.4 Å². The van der Waals surface area contributed by atoms with Crippen LogP contribution in [0.15, 0.2) is 45.6 Å². The molecule has 0 spiro atoms. The molecule has 0 saturated heterocycles. The van der Waals surface area contributed by atoms with E-state index in [0.717, 1.165) is 5.56 Å². The van der Waals surface area contributed by atoms with Crippen LogP contribution in [0.4, 0.5) is 0 Å². The number of carbonyl (C=O) groups excluding carboxylic acids is 2. The number of carbonyl (C=O) groups is 2. The van der Waals surface area contributed by atoms with Crippen LogP contribution in [0.5, 0.6) is 5.75 Å². The summed E-state index contributed by atoms with van der Waals surface area (Å²) in [5.74, 6) is -0.0207. The van der Waals surface area contributed by atoms with Gasteiger partial charge in [0.25, 0.3) is 0 Å². The first-order valence-corrected chi connectivity index (χ1v) is 8.85. The van der Waals surface area contributed by atoms with Gasteiger partial charge in [-0.3, -0.25) is 4.79 Å². The molecule has 3 aromatic rings. The Bertz CT molecular complexity index is 1170. The van der Waals surface area contributed by atoms with E-state index < -0.39 is 17.7 Å². The molecule has 2 heterocycles. The van der Waals surface area contributed by atoms with Crippen LogP contribution in [-0.4, -0.2) is 18.9 Å². The maximum Gasteiger partial charge on any atom is 0.337 e. The minimum Gasteiger partial charge on any atom is -0.484 e. The minimum atomic E-state index is -0.497. The fourth-order valence-electron chi connectivity index (χ4n) is 3.65. The van der Waals surface area contributed by atoms with Gasteiger partial charge in [-0.1, -0.05) is 12.1 Å². The minimum absolute atomic E-state index is 0.0340. The molecule has 1 unspecified atom stereocenters. The first-order chi connectivity index (χ1) is 13.4. The van der Waals surface area contributed by atoms with Gasteiger partial charge >= 0.3 is 11.6 Å². The van der Waals surface area contributed by atoms with Crippen LogP contribution in [0.2, 0.25) is 0 Å². The smallest absolute Gasteiger partial charge is 0.337 e. The van der Waals surface area contributed by atoms with Crippen molar-refractivity contribution in [2.24, 2.45) is 0 Å². The molecule has 0 amide bonds. The van der Waals surface area contributed by atoms with Crippen LogP contribution in [0.3, 0.4) is 0 Å². The lowest BCUT2D eigenvalue weighted by Crippen LogP contribution is -2.22. The van der Waals surface area contributed by atoms with E-state index >= 15 is 0 Å². The number of fused-ring (bicyclic) bond motifs is 3. The number of methoxy groups -OCH3 is 1. The summed E-state index contributed by atoms with van der Waals surface area (Å²) < 4.78 is 16.3. The molecule has 0 radical (unpaired) electrons. The van der Waals surface area contributed by atoms with E-state index in [1.54, 1.807) is 44.2 Å². The van der Waals surface area contributed by atoms with Crippen molar-refractivity contribution in [3.05, 3.63) is 74.6 Å². The van der Waals surface area contributed by atoms with E-state index in [1.807, 2.05) is 0 Å². The van der Waals surface area contributed by atoms with Crippen molar-refractivity contribution in [1.29, 1.82) is 0 Å². The van der Waals surface area contributed by atoms with Gasteiger partial charge in [0.2, 0.25) is 0 Å². The summed E-state index contributed by atoms with van der Waals surface area (Å²) in [4.78, 5) is 36.2. The highest BCUT2D eigenvalue weighted by molar-refractivity contribution is 6.07. The lowest BCUT2D eigenvalue weighted by atomic mass is 9.91. The van der Waals surface area contributed by atoms with Gasteiger partial charge in [0.15, 0.2) is 5.78 Å². The molecule has 1 aliphatic rings. The summed E-state index contributed by atoms with van der Waals surface area (Å²) in [5.41, 5.74) is 3.07. The third-order valence-corrected chi connectivity index (χ3v) is 5.00. The largest absolute Gasteiger partial charge is 0.484 e. The average Bonchev–Trinajstić information content (AvgIpc) is 2.66. The van der Waals surface area contributed by atoms with Gasteiger partial charge in [0.05, 0.1) is 30.0 Å². The number of aryl methyl sites for hydroxylation is 2. The Labute approximate surface area is 160 Å². The molecule has 6 heteroatoms. The molecule has 6 nitrogen and oxygen atoms in total. The molecule has 1 atom stereocenters. The van der Waals surface area contributed by atoms with Crippen molar-refractivity contribution >= 4 is 22.7 Å². The lowest BCUT2D eigenvalue weighted by Gasteiger charge is -2.28. The fraction of sp³-hybridized carbons (Fsp3) is 0.227. The third-order valence-electron chi connectivity index (χ3n) is 5.00. The molecule has 0 N–H and O–H groups in total. The van der Waals surface area contributed by atoms with Crippen LogP contribution in [0.1, 0.15) is 49.9 Å². The molecule has 142 valence electrons. The van der Waals surface area contributed by atoms with Gasteiger partial charge in [0, 0.05) is 6.07 Å². The van der Waals surface area contributed by atoms with Crippen molar-refractivity contribution in [2.75, 3.05) is 7.11 Å². The third kappa shape index (κ3) is 2.87. The second-order valence-corrected chi connectivity index (χ2v) is 6.87. The van der Waals surface area contributed by atoms with Gasteiger partial charge in [-0.15, -0.1) is 0 Å². The maximum absolute atomic E-state index is 12.9. The monoisotopic (exact) mass is 378 g/mol. The Kier molecular flexibility index (Phi) is 4.26. The zero-order valence-corrected chi connectivity index (χ0v) is 15.7. The van der Waals surface area contributed by atoms with Crippen LogP contribution >= 0.6 is 0 Å². The quantitative estimate of drug-likeness (QED) is 0.497. The zero-order valence-electron chi connectivity index (χ0n) is 15.7. The molecule has 0 bridgehead atoms. The van der Waals surface area contributed by atoms with Crippen molar-refractivity contribution < 1.29 is 23.5 Å². The van der Waals surface area contributed by atoms with E-state index in [2.05, 4.69) is 0 Å². The molecular weight excluding hydrogens is 360 g/mol. The molecular formula is C22H18O6. The second kappa shape index (κ2) is 6.64. The molecule has 0 saturated carbocycles. The van der Waals surface area contributed by atoms with Gasteiger partial charge < -0.3 is 13.9 Å². The molecule has 4 rings (SSSR count). The van der Waals surface area contributed by atoms with Gasteiger partial charge in [-0.05, 0) is 48.7 Å². The van der Waals surface area contributed by atoms with Crippen molar-refractivity contribution in [3.8, 4) is 5.75 Å². The van der Waals surface area contributed by atoms with E-state index in [1.165, 1.54) is 13.2 Å². The average molecular weight is 378 g/mol. The standard InChI is InChI=1S/C22H18O6/c1-11-8-17-20(12(2)9-18(24)27-17)21-19(11)15(23)10-16(28-21)13-4-6-14(7-5-13)22(25)26-3/h4-9,16H,10H2,1-3H3. The Morgan fingerprint density at radius 2 is 1.79 bits per heavy atom. The summed E-state index contributed by atoms with van der Waals surface area (Å²) in [7, 11) is 1.32. The van der Waals surface area contributed by atoms with Crippen molar-refractivity contribution in [3.63, 3.8) is 0 Å². The van der Waals surface area contributed by atoms with Gasteiger partial charge in [-0.2, -0.15) is 0 Å². The molecule has 1 aliphatic heterocycles. The molecule has 0 fully saturated rings. The van der Waals surface area contributed by atoms with Gasteiger partial charge in [-0.25, -0.2) is 9.59 Å². The molecule has 0 aliphatic carbocycles. The maximum atomic E-state index is 12.9. The lowest BCUT2D eigenvalue weighted by molar-refractivity contribution is 0.0600. The molecule has 1 aromatic heterocycles. The summed E-state index contributed by atoms with van der Waals surface area (Å²) in [6.45, 7) is 3.59. The van der Waals surface area contributed by atoms with E-state index in [9.17, 15) is 14.4 Å². The van der Waals surface area contributed by atoms with Crippen molar-refractivity contribution in [2.45, 2.75) is 26.4 Å². The van der Waals surface area contributed by atoms with Crippen LogP contribution in [-0.2, 0) is 4.74 Å². The number of hydrogen-bond acceptors (Lipinski definition) is 6. The summed E-state index contributed by atoms with van der Waals surface area (Å²) in [6.07, 6.45) is -0.310. The van der Waals surface area contributed by atoms with Crippen LogP contribution in [0.25, 0.3) is 11.0 Å². The van der Waals surface area contributed by atoms with E-state index in [4.69, 9.17) is 13.9 Å². The summed E-state index contributed by atoms with van der Waals surface area (Å²) in [5, 5.41) is 0.629. The second-order valence-electron chi connectivity index (χ2n) is 6.87. The first-order valence-electron chi connectivity index (χ1n) is 8.85. The normalized spacial score (nSPS) is 15.8. The van der Waals surface area contributed by atoms with Crippen molar-refractivity contribution in [1.82, 2.24) is 0 Å². The Morgan fingerprint density at radius 1 is 1.07 bits per heavy atom. The van der Waals surface area contributed by atoms with E-state index in [-0.39, 0.29) is 12.2 Å². The topological polar surface area (TPSA) is 82.8 Å². The number of rotatable bonds is 2. The highest BCUT2D eigenvalue weighted by atomic mass is 16.5. The fourth-order valence-corrected chi connectivity index (χ4v) is 3.65. The first kappa shape index (κ1) is 18.0. The summed E-state index contributed by atoms with van der Waals surface area (Å²) in [6, 6.07) is 9.88. The number of ether oxygens (including phenoxy) is 2. The zero-order chi connectivity index (χ0) is 20.0. The number of benzene rings is 2. The highest BCUT2D eigenvalue weighted by Crippen LogP contribution is 2.42. The Balaban J connectivity index is 1.82. The van der Waals surface area contributed by atoms with E-state index in [0.29, 0.717) is 39.0 Å². The predicted octanol–water partition coefficient (Wildman–Crippen LogP) is 3.90. The SMILES string of the molecule is COC(=O)c1ccc(C2CC(=O)c3c(C)cc4oc(=O)cc(C)c4c3O2)cc1. The Hall–Kier alpha value is -3.41. The number of ketones is 1. The number of Topliss-reactive ketones (excluding diaryl/α,β-unsaturated/α-hetero) is 1. The molecule has 28 heavy (non-hydrogen) atoms.